The van der Waals surface area contributed by atoms with Crippen molar-refractivity contribution in [3.05, 3.63) is 65.5 Å². The minimum atomic E-state index is -0.442. The van der Waals surface area contributed by atoms with Crippen molar-refractivity contribution >= 4 is 23.4 Å². The predicted octanol–water partition coefficient (Wildman–Crippen LogP) is 2.63. The van der Waals surface area contributed by atoms with E-state index in [1.807, 2.05) is 19.1 Å². The molecular weight excluding hydrogens is 361 g/mol. The second kappa shape index (κ2) is 10.2. The van der Waals surface area contributed by atoms with Gasteiger partial charge >= 0.3 is 0 Å². The third-order valence-electron chi connectivity index (χ3n) is 4.06. The van der Waals surface area contributed by atoms with Gasteiger partial charge in [-0.15, -0.1) is 0 Å². The van der Waals surface area contributed by atoms with Crippen LogP contribution in [0.15, 0.2) is 48.5 Å². The molecule has 0 aliphatic carbocycles. The van der Waals surface area contributed by atoms with Crippen LogP contribution < -0.4 is 10.6 Å². The Balaban J connectivity index is 1.86. The number of benzene rings is 2. The second-order valence-corrected chi connectivity index (χ2v) is 6.42. The van der Waals surface area contributed by atoms with E-state index in [-0.39, 0.29) is 43.7 Å². The Morgan fingerprint density at radius 1 is 0.964 bits per heavy atom. The van der Waals surface area contributed by atoms with Crippen LogP contribution in [0.2, 0.25) is 0 Å². The van der Waals surface area contributed by atoms with Crippen molar-refractivity contribution in [2.24, 2.45) is 0 Å². The molecule has 28 heavy (non-hydrogen) atoms. The van der Waals surface area contributed by atoms with E-state index in [4.69, 9.17) is 0 Å². The first-order valence-electron chi connectivity index (χ1n) is 9.03. The lowest BCUT2D eigenvalue weighted by Crippen LogP contribution is -2.42. The van der Waals surface area contributed by atoms with Gasteiger partial charge in [0.15, 0.2) is 0 Å². The van der Waals surface area contributed by atoms with E-state index in [1.165, 1.54) is 17.0 Å². The van der Waals surface area contributed by atoms with Gasteiger partial charge in [-0.25, -0.2) is 4.39 Å². The first-order chi connectivity index (χ1) is 13.4. The van der Waals surface area contributed by atoms with Gasteiger partial charge in [0.25, 0.3) is 0 Å². The summed E-state index contributed by atoms with van der Waals surface area (Å²) in [5, 5.41) is 5.20. The Bertz CT molecular complexity index is 820. The zero-order chi connectivity index (χ0) is 20.5. The topological polar surface area (TPSA) is 78.5 Å². The van der Waals surface area contributed by atoms with E-state index in [0.717, 1.165) is 5.56 Å². The van der Waals surface area contributed by atoms with Crippen molar-refractivity contribution in [2.75, 3.05) is 18.4 Å². The zero-order valence-corrected chi connectivity index (χ0v) is 16.0. The number of rotatable bonds is 8. The van der Waals surface area contributed by atoms with Crippen molar-refractivity contribution in [3.63, 3.8) is 0 Å². The lowest BCUT2D eigenvalue weighted by Gasteiger charge is -2.22. The van der Waals surface area contributed by atoms with Gasteiger partial charge in [0, 0.05) is 18.7 Å². The van der Waals surface area contributed by atoms with Crippen LogP contribution in [0.1, 0.15) is 24.5 Å². The Kier molecular flexibility index (Phi) is 7.68. The molecule has 0 aliphatic heterocycles. The quantitative estimate of drug-likeness (QED) is 0.733. The largest absolute Gasteiger partial charge is 0.345 e. The molecule has 0 spiro atoms. The zero-order valence-electron chi connectivity index (χ0n) is 16.0. The number of carbonyl (C=O) groups excluding carboxylic acids is 3. The molecule has 2 rings (SSSR count). The van der Waals surface area contributed by atoms with Crippen LogP contribution in [0.25, 0.3) is 0 Å². The van der Waals surface area contributed by atoms with Crippen LogP contribution in [0.4, 0.5) is 10.1 Å². The van der Waals surface area contributed by atoms with Gasteiger partial charge in [-0.05, 0) is 36.8 Å². The van der Waals surface area contributed by atoms with E-state index < -0.39 is 5.91 Å². The summed E-state index contributed by atoms with van der Waals surface area (Å²) >= 11 is 0. The molecule has 0 unspecified atom stereocenters. The van der Waals surface area contributed by atoms with Crippen LogP contribution in [-0.4, -0.2) is 35.7 Å². The number of hydrogen-bond donors (Lipinski definition) is 2. The number of halogens is 1. The lowest BCUT2D eigenvalue weighted by molar-refractivity contribution is -0.136. The maximum atomic E-state index is 13.0. The molecule has 2 N–H and O–H groups in total. The van der Waals surface area contributed by atoms with E-state index in [0.29, 0.717) is 11.3 Å². The number of aryl methyl sites for hydroxylation is 1. The van der Waals surface area contributed by atoms with Gasteiger partial charge < -0.3 is 15.5 Å². The number of hydrogen-bond acceptors (Lipinski definition) is 3. The average Bonchev–Trinajstić information content (AvgIpc) is 2.68. The Hall–Kier alpha value is -3.22. The Morgan fingerprint density at radius 2 is 1.61 bits per heavy atom. The number of carbonyl (C=O) groups is 3. The monoisotopic (exact) mass is 385 g/mol. The summed E-state index contributed by atoms with van der Waals surface area (Å²) in [7, 11) is 0. The minimum Gasteiger partial charge on any atom is -0.345 e. The van der Waals surface area contributed by atoms with Crippen LogP contribution in [-0.2, 0) is 20.9 Å². The Morgan fingerprint density at radius 3 is 2.21 bits per heavy atom. The number of anilines is 1. The summed E-state index contributed by atoms with van der Waals surface area (Å²) in [6.45, 7) is 3.46. The molecule has 0 bridgehead atoms. The summed E-state index contributed by atoms with van der Waals surface area (Å²) < 4.78 is 13.0. The maximum absolute atomic E-state index is 13.0. The minimum absolute atomic E-state index is 0.179. The number of amides is 3. The fourth-order valence-corrected chi connectivity index (χ4v) is 2.52. The van der Waals surface area contributed by atoms with Crippen molar-refractivity contribution in [3.8, 4) is 0 Å². The maximum Gasteiger partial charge on any atom is 0.243 e. The van der Waals surface area contributed by atoms with Gasteiger partial charge in [0.05, 0.1) is 13.1 Å². The summed E-state index contributed by atoms with van der Waals surface area (Å²) in [4.78, 5) is 37.6. The second-order valence-electron chi connectivity index (χ2n) is 6.42. The van der Waals surface area contributed by atoms with E-state index >= 15 is 0 Å². The standard InChI is InChI=1S/C21H24FN3O3/c1-3-21(28)25(13-16-6-8-17(22)9-7-16)14-20(27)23-12-19(26)24-18-10-4-15(2)5-11-18/h4-11H,3,12-14H2,1-2H3,(H,23,27)(H,24,26). The molecule has 2 aromatic carbocycles. The van der Waals surface area contributed by atoms with Crippen LogP contribution >= 0.6 is 0 Å². The molecule has 3 amide bonds. The van der Waals surface area contributed by atoms with E-state index in [9.17, 15) is 18.8 Å². The molecule has 0 saturated carbocycles. The smallest absolute Gasteiger partial charge is 0.243 e. The predicted molar refractivity (Wildman–Crippen MR) is 105 cm³/mol. The summed E-state index contributed by atoms with van der Waals surface area (Å²) in [5.41, 5.74) is 2.44. The molecule has 0 atom stereocenters. The van der Waals surface area contributed by atoms with Gasteiger partial charge in [0.1, 0.15) is 5.82 Å². The van der Waals surface area contributed by atoms with Crippen LogP contribution in [0.5, 0.6) is 0 Å². The highest BCUT2D eigenvalue weighted by molar-refractivity contribution is 5.95. The van der Waals surface area contributed by atoms with Gasteiger partial charge in [-0.3, -0.25) is 14.4 Å². The molecule has 6 nitrogen and oxygen atoms in total. The fraction of sp³-hybridized carbons (Fsp3) is 0.286. The van der Waals surface area contributed by atoms with Crippen molar-refractivity contribution in [1.82, 2.24) is 10.2 Å². The van der Waals surface area contributed by atoms with Crippen molar-refractivity contribution in [2.45, 2.75) is 26.8 Å². The SMILES string of the molecule is CCC(=O)N(CC(=O)NCC(=O)Nc1ccc(C)cc1)Cc1ccc(F)cc1. The number of nitrogens with one attached hydrogen (secondary N) is 2. The van der Waals surface area contributed by atoms with Crippen LogP contribution in [0.3, 0.4) is 0 Å². The molecule has 0 radical (unpaired) electrons. The highest BCUT2D eigenvalue weighted by atomic mass is 19.1. The molecule has 0 saturated heterocycles. The normalized spacial score (nSPS) is 10.2. The van der Waals surface area contributed by atoms with Gasteiger partial charge in [-0.2, -0.15) is 0 Å². The van der Waals surface area contributed by atoms with Crippen LogP contribution in [0, 0.1) is 12.7 Å². The van der Waals surface area contributed by atoms with Crippen molar-refractivity contribution < 1.29 is 18.8 Å². The molecule has 0 aromatic heterocycles. The molecule has 148 valence electrons. The molecule has 0 fully saturated rings. The third-order valence-corrected chi connectivity index (χ3v) is 4.06. The first-order valence-corrected chi connectivity index (χ1v) is 9.03. The van der Waals surface area contributed by atoms with E-state index in [1.54, 1.807) is 31.2 Å². The summed E-state index contributed by atoms with van der Waals surface area (Å²) in [6, 6.07) is 13.0. The van der Waals surface area contributed by atoms with Gasteiger partial charge in [-0.1, -0.05) is 36.8 Å². The molecule has 7 heteroatoms. The average molecular weight is 385 g/mol. The lowest BCUT2D eigenvalue weighted by atomic mass is 10.2. The van der Waals surface area contributed by atoms with Gasteiger partial charge in [0.2, 0.25) is 17.7 Å². The number of nitrogens with zero attached hydrogens (tertiary/aromatic N) is 1. The highest BCUT2D eigenvalue weighted by Gasteiger charge is 2.17. The summed E-state index contributed by atoms with van der Waals surface area (Å²) in [6.07, 6.45) is 0.238. The fourth-order valence-electron chi connectivity index (χ4n) is 2.52. The molecule has 0 heterocycles. The molecule has 0 aliphatic rings. The first kappa shape index (κ1) is 21.1. The third kappa shape index (κ3) is 6.83. The molecular formula is C21H24FN3O3. The van der Waals surface area contributed by atoms with Crippen molar-refractivity contribution in [1.29, 1.82) is 0 Å². The summed E-state index contributed by atoms with van der Waals surface area (Å²) in [5.74, 6) is -1.37. The molecule has 2 aromatic rings. The van der Waals surface area contributed by atoms with E-state index in [2.05, 4.69) is 10.6 Å². The Labute approximate surface area is 163 Å². The highest BCUT2D eigenvalue weighted by Crippen LogP contribution is 2.09.